The number of carbonyl (C=O) groups excluding carboxylic acids is 3. The van der Waals surface area contributed by atoms with Gasteiger partial charge in [-0.3, -0.25) is 14.4 Å². The maximum atomic E-state index is 14.8. The third kappa shape index (κ3) is 11.7. The summed E-state index contributed by atoms with van der Waals surface area (Å²) in [6.45, 7) is 2.06. The lowest BCUT2D eigenvalue weighted by Gasteiger charge is -2.45. The Morgan fingerprint density at radius 3 is 1.36 bits per heavy atom. The van der Waals surface area contributed by atoms with E-state index < -0.39 is 76.2 Å². The van der Waals surface area contributed by atoms with Gasteiger partial charge in [0.1, 0.15) is 41.1 Å². The van der Waals surface area contributed by atoms with Gasteiger partial charge < -0.3 is 52.1 Å². The van der Waals surface area contributed by atoms with Crippen LogP contribution in [0.1, 0.15) is 72.2 Å². The minimum absolute atomic E-state index is 0.00442. The van der Waals surface area contributed by atoms with Crippen LogP contribution in [0.25, 0.3) is 34.4 Å². The summed E-state index contributed by atoms with van der Waals surface area (Å²) in [5, 5.41) is 24.6. The third-order valence-corrected chi connectivity index (χ3v) is 18.8. The maximum absolute atomic E-state index is 14.8. The molecule has 3 amide bonds. The second kappa shape index (κ2) is 26.2. The number of hydrogen-bond acceptors (Lipinski definition) is 16. The first-order valence-electron chi connectivity index (χ1n) is 28.8. The highest BCUT2D eigenvalue weighted by Crippen LogP contribution is 2.44. The quantitative estimate of drug-likeness (QED) is 0.102. The van der Waals surface area contributed by atoms with Gasteiger partial charge in [-0.1, -0.05) is 70.1 Å². The fourth-order valence-corrected chi connectivity index (χ4v) is 13.4. The molecule has 6 atom stereocenters. The van der Waals surface area contributed by atoms with Crippen LogP contribution in [0.2, 0.25) is 25.1 Å². The number of rotatable bonds is 8. The molecule has 34 heteroatoms. The molecule has 0 radical (unpaired) electrons. The first-order chi connectivity index (χ1) is 45.7. The lowest BCUT2D eigenvalue weighted by molar-refractivity contribution is -0.137. The van der Waals surface area contributed by atoms with E-state index in [4.69, 9.17) is 81.7 Å². The number of halogens is 12. The number of ether oxygens (including phenoxy) is 5. The van der Waals surface area contributed by atoms with E-state index in [1.165, 1.54) is 67.9 Å². The predicted molar refractivity (Wildman–Crippen MR) is 325 cm³/mol. The standard InChI is InChI=1S/C21H16ClF4N5O3.C20H15Cl2F2N5O3.C20H15Cl2FN4O2/c1-33-14-5-6-27-17(16(14)23)19-29-28-18-13-9-34-8-10(7-30(18)19)31(13)20(32)11-3-2-4-12(15(11)22)21(24,25)26;1-31-13-4-5-25-17(16(13)24)19-27-26-18-12-8-32-7-9(6-28(18)19)29(12)20(30)10-2-3-11(23)15(22)14(10)21;21-15-3-1-2-14(17(15)22)20(28)27-13-8-26-18(11-4-6-12(23)7-5-11)24-25-19(26)16(27)10-29-9-13/h2-6,10,13H,7-9H2,1H3;2-5,9,12H,6-8H2,1H3;1-7,13,16H,8-10H2/t10-,13-;9-,12-;13-,16-/m111/s1. The van der Waals surface area contributed by atoms with Crippen molar-refractivity contribution in [3.63, 3.8) is 0 Å². The van der Waals surface area contributed by atoms with Crippen LogP contribution >= 0.6 is 58.0 Å². The number of aromatic nitrogens is 11. The Morgan fingerprint density at radius 1 is 0.484 bits per heavy atom. The molecule has 0 saturated carbocycles. The van der Waals surface area contributed by atoms with E-state index in [0.29, 0.717) is 53.6 Å². The van der Waals surface area contributed by atoms with E-state index in [0.717, 1.165) is 23.8 Å². The molecule has 22 nitrogen and oxygen atoms in total. The number of morpholine rings is 3. The van der Waals surface area contributed by atoms with E-state index >= 15 is 0 Å². The van der Waals surface area contributed by atoms with Crippen molar-refractivity contribution >= 4 is 75.7 Å². The molecule has 6 aliphatic rings. The minimum Gasteiger partial charge on any atom is -0.494 e. The molecule has 9 aromatic rings. The Balaban J connectivity index is 0.000000129. The highest BCUT2D eigenvalue weighted by molar-refractivity contribution is 6.44. The number of pyridine rings is 2. The van der Waals surface area contributed by atoms with Crippen molar-refractivity contribution < 1.29 is 68.8 Å². The van der Waals surface area contributed by atoms with E-state index in [1.54, 1.807) is 49.3 Å². The van der Waals surface area contributed by atoms with Gasteiger partial charge in [0.15, 0.2) is 58.1 Å². The largest absolute Gasteiger partial charge is 0.494 e. The van der Waals surface area contributed by atoms with Crippen LogP contribution in [-0.4, -0.2) is 159 Å². The molecular formula is C61H46Cl5F7N14O8. The normalized spacial score (nSPS) is 19.9. The van der Waals surface area contributed by atoms with Gasteiger partial charge in [-0.05, 0) is 60.7 Å². The van der Waals surface area contributed by atoms with Gasteiger partial charge in [0.25, 0.3) is 17.7 Å². The van der Waals surface area contributed by atoms with E-state index in [-0.39, 0.29) is 118 Å². The monoisotopic (exact) mass is 1410 g/mol. The second-order valence-electron chi connectivity index (χ2n) is 22.1. The molecule has 15 rings (SSSR count). The van der Waals surface area contributed by atoms with Crippen LogP contribution in [0.4, 0.5) is 30.7 Å². The van der Waals surface area contributed by atoms with E-state index in [1.807, 2.05) is 4.57 Å². The Labute approximate surface area is 557 Å². The molecule has 6 bridgehead atoms. The Bertz CT molecular complexity index is 4510. The van der Waals surface area contributed by atoms with Crippen LogP contribution in [-0.2, 0) is 40.0 Å². The lowest BCUT2D eigenvalue weighted by atomic mass is 10.0. The lowest BCUT2D eigenvalue weighted by Crippen LogP contribution is -2.56. The third-order valence-electron chi connectivity index (χ3n) is 16.7. The SMILES string of the molecule is COc1ccnc(-c2nnc3n2C[C@@H]2COC[C@H]3N2C(=O)c2ccc(F)c(Cl)c2Cl)c1F.COc1ccnc(-c2nnc3n2C[C@@H]2COC[C@H]3N2C(=O)c2cccc(C(F)(F)F)c2Cl)c1F.O=C(c1cccc(Cl)c1Cl)N1[C@H]2COC[C@@H]1c1nnc(-c3ccc(F)cc3)n1C2. The Hall–Kier alpha value is -8.55. The van der Waals surface area contributed by atoms with Crippen molar-refractivity contribution in [2.75, 3.05) is 53.9 Å². The topological polar surface area (TPSA) is 225 Å². The molecule has 4 aromatic carbocycles. The number of amides is 3. The number of benzene rings is 4. The smallest absolute Gasteiger partial charge is 0.417 e. The van der Waals surface area contributed by atoms with Gasteiger partial charge in [-0.25, -0.2) is 27.5 Å². The zero-order valence-electron chi connectivity index (χ0n) is 49.1. The molecular weight excluding hydrogens is 1370 g/mol. The van der Waals surface area contributed by atoms with Crippen molar-refractivity contribution in [3.8, 4) is 45.9 Å². The van der Waals surface area contributed by atoms with Gasteiger partial charge in [-0.2, -0.15) is 13.2 Å². The summed E-state index contributed by atoms with van der Waals surface area (Å²) < 4.78 is 129. The number of alkyl halides is 3. The molecule has 0 aliphatic carbocycles. The highest BCUT2D eigenvalue weighted by atomic mass is 35.5. The van der Waals surface area contributed by atoms with Crippen molar-refractivity contribution in [1.82, 2.24) is 69.0 Å². The average Bonchev–Trinajstić information content (AvgIpc) is 1.71. The number of fused-ring (bicyclic) bond motifs is 12. The van der Waals surface area contributed by atoms with Gasteiger partial charge in [-0.15, -0.1) is 30.6 Å². The van der Waals surface area contributed by atoms with Crippen LogP contribution in [0, 0.1) is 23.3 Å². The number of hydrogen-bond donors (Lipinski definition) is 0. The molecule has 95 heavy (non-hydrogen) atoms. The number of methoxy groups -OCH3 is 2. The average molecular weight is 1410 g/mol. The summed E-state index contributed by atoms with van der Waals surface area (Å²) in [7, 11) is 2.69. The minimum atomic E-state index is -4.71. The van der Waals surface area contributed by atoms with E-state index in [9.17, 15) is 45.1 Å². The first kappa shape index (κ1) is 65.1. The van der Waals surface area contributed by atoms with E-state index in [2.05, 4.69) is 40.6 Å². The summed E-state index contributed by atoms with van der Waals surface area (Å²) >= 11 is 30.4. The molecule has 3 saturated heterocycles. The summed E-state index contributed by atoms with van der Waals surface area (Å²) in [5.41, 5.74) is -0.258. The molecule has 11 heterocycles. The Kier molecular flexibility index (Phi) is 18.0. The fourth-order valence-electron chi connectivity index (χ4n) is 12.3. The molecule has 5 aromatic heterocycles. The van der Waals surface area contributed by atoms with Crippen LogP contribution < -0.4 is 9.47 Å². The van der Waals surface area contributed by atoms with Crippen LogP contribution in [0.15, 0.2) is 97.3 Å². The zero-order chi connectivity index (χ0) is 66.9. The van der Waals surface area contributed by atoms with Crippen molar-refractivity contribution in [2.45, 2.75) is 62.1 Å². The highest BCUT2D eigenvalue weighted by Gasteiger charge is 2.48. The summed E-state index contributed by atoms with van der Waals surface area (Å²) in [6.07, 6.45) is -1.92. The zero-order valence-corrected chi connectivity index (χ0v) is 52.9. The van der Waals surface area contributed by atoms with Crippen LogP contribution in [0.5, 0.6) is 11.5 Å². The second-order valence-corrected chi connectivity index (χ2v) is 24.0. The fraction of sp³-hybridized carbons (Fsp3) is 0.295. The van der Waals surface area contributed by atoms with Gasteiger partial charge >= 0.3 is 6.18 Å². The molecule has 0 N–H and O–H groups in total. The van der Waals surface area contributed by atoms with Crippen molar-refractivity contribution in [1.29, 1.82) is 0 Å². The summed E-state index contributed by atoms with van der Waals surface area (Å²) in [5.74, 6) is -1.35. The number of carbonyl (C=O) groups is 3. The van der Waals surface area contributed by atoms with Crippen molar-refractivity contribution in [2.24, 2.45) is 0 Å². The molecule has 0 unspecified atom stereocenters. The molecule has 3 fully saturated rings. The number of nitrogens with zero attached hydrogens (tertiary/aromatic N) is 14. The molecule has 492 valence electrons. The predicted octanol–water partition coefficient (Wildman–Crippen LogP) is 11.3. The molecule has 0 spiro atoms. The van der Waals surface area contributed by atoms with Gasteiger partial charge in [0, 0.05) is 49.7 Å². The Morgan fingerprint density at radius 2 is 0.905 bits per heavy atom. The summed E-state index contributed by atoms with van der Waals surface area (Å²) in [6, 6.07) is 16.5. The van der Waals surface area contributed by atoms with Gasteiger partial charge in [0.2, 0.25) is 0 Å². The first-order valence-corrected chi connectivity index (χ1v) is 30.6. The summed E-state index contributed by atoms with van der Waals surface area (Å²) in [4.78, 5) is 53.1. The van der Waals surface area contributed by atoms with Crippen LogP contribution in [0.3, 0.4) is 0 Å². The van der Waals surface area contributed by atoms with Crippen molar-refractivity contribution in [3.05, 3.63) is 185 Å². The van der Waals surface area contributed by atoms with Gasteiger partial charge in [0.05, 0.1) is 119 Å². The maximum Gasteiger partial charge on any atom is 0.417 e. The molecule has 6 aliphatic heterocycles.